The highest BCUT2D eigenvalue weighted by Gasteiger charge is 2.02. The molecule has 1 heterocycles. The Morgan fingerprint density at radius 3 is 2.80 bits per heavy atom. The van der Waals surface area contributed by atoms with Crippen molar-refractivity contribution in [1.82, 2.24) is 15.1 Å². The van der Waals surface area contributed by atoms with Gasteiger partial charge in [0, 0.05) is 24.8 Å². The fourth-order valence-electron chi connectivity index (χ4n) is 1.74. The third kappa shape index (κ3) is 4.04. The summed E-state index contributed by atoms with van der Waals surface area (Å²) in [6.07, 6.45) is 7.36. The highest BCUT2D eigenvalue weighted by molar-refractivity contribution is 5.14. The van der Waals surface area contributed by atoms with Crippen molar-refractivity contribution in [3.05, 3.63) is 17.5 Å². The molecule has 0 aromatic carbocycles. The maximum atomic E-state index is 4.50. The number of rotatable bonds is 7. The zero-order valence-corrected chi connectivity index (χ0v) is 10.2. The number of hydrogen-bond acceptors (Lipinski definition) is 2. The van der Waals surface area contributed by atoms with Crippen molar-refractivity contribution in [2.45, 2.75) is 52.6 Å². The average Bonchev–Trinajstić information content (AvgIpc) is 2.55. The molecule has 0 atom stereocenters. The predicted molar refractivity (Wildman–Crippen MR) is 63.9 cm³/mol. The van der Waals surface area contributed by atoms with Crippen molar-refractivity contribution >= 4 is 0 Å². The quantitative estimate of drug-likeness (QED) is 0.699. The second-order valence-corrected chi connectivity index (χ2v) is 4.09. The molecule has 0 saturated heterocycles. The van der Waals surface area contributed by atoms with Crippen molar-refractivity contribution in [3.63, 3.8) is 0 Å². The van der Waals surface area contributed by atoms with Crippen LogP contribution in [0, 0.1) is 6.92 Å². The summed E-state index contributed by atoms with van der Waals surface area (Å²) in [5, 5.41) is 7.66. The first-order valence-electron chi connectivity index (χ1n) is 5.95. The SMILES string of the molecule is CCCCCCn1cc(CNC)c(C)n1. The van der Waals surface area contributed by atoms with Gasteiger partial charge in [-0.05, 0) is 20.4 Å². The molecule has 3 nitrogen and oxygen atoms in total. The van der Waals surface area contributed by atoms with E-state index in [1.165, 1.54) is 31.2 Å². The summed E-state index contributed by atoms with van der Waals surface area (Å²) in [5.41, 5.74) is 2.47. The van der Waals surface area contributed by atoms with E-state index in [2.05, 4.69) is 35.1 Å². The minimum absolute atomic E-state index is 0.917. The summed E-state index contributed by atoms with van der Waals surface area (Å²) in [6.45, 7) is 6.30. The number of nitrogens with one attached hydrogen (secondary N) is 1. The number of hydrogen-bond donors (Lipinski definition) is 1. The molecule has 0 radical (unpaired) electrons. The van der Waals surface area contributed by atoms with Gasteiger partial charge in [-0.2, -0.15) is 5.10 Å². The molecule has 0 aliphatic carbocycles. The van der Waals surface area contributed by atoms with Crippen molar-refractivity contribution in [3.8, 4) is 0 Å². The van der Waals surface area contributed by atoms with Crippen LogP contribution < -0.4 is 5.32 Å². The molecule has 1 aromatic heterocycles. The summed E-state index contributed by atoms with van der Waals surface area (Å²) in [6, 6.07) is 0. The van der Waals surface area contributed by atoms with E-state index >= 15 is 0 Å². The van der Waals surface area contributed by atoms with E-state index in [9.17, 15) is 0 Å². The molecule has 0 aliphatic heterocycles. The number of nitrogens with zero attached hydrogens (tertiary/aromatic N) is 2. The van der Waals surface area contributed by atoms with Gasteiger partial charge in [-0.1, -0.05) is 26.2 Å². The first-order chi connectivity index (χ1) is 7.27. The van der Waals surface area contributed by atoms with Gasteiger partial charge in [0.05, 0.1) is 5.69 Å². The number of aryl methyl sites for hydroxylation is 2. The number of unbranched alkanes of at least 4 members (excludes halogenated alkanes) is 3. The second-order valence-electron chi connectivity index (χ2n) is 4.09. The van der Waals surface area contributed by atoms with E-state index in [4.69, 9.17) is 0 Å². The normalized spacial score (nSPS) is 10.9. The molecular formula is C12H23N3. The van der Waals surface area contributed by atoms with Crippen molar-refractivity contribution < 1.29 is 0 Å². The topological polar surface area (TPSA) is 29.9 Å². The van der Waals surface area contributed by atoms with Crippen LogP contribution in [-0.2, 0) is 13.1 Å². The Hall–Kier alpha value is -0.830. The largest absolute Gasteiger partial charge is 0.316 e. The Morgan fingerprint density at radius 1 is 1.33 bits per heavy atom. The lowest BCUT2D eigenvalue weighted by atomic mass is 10.2. The molecule has 1 rings (SSSR count). The lowest BCUT2D eigenvalue weighted by molar-refractivity contribution is 0.538. The fraction of sp³-hybridized carbons (Fsp3) is 0.750. The summed E-state index contributed by atoms with van der Waals surface area (Å²) in [5.74, 6) is 0. The van der Waals surface area contributed by atoms with Gasteiger partial charge in [0.25, 0.3) is 0 Å². The van der Waals surface area contributed by atoms with Gasteiger partial charge < -0.3 is 5.32 Å². The summed E-state index contributed by atoms with van der Waals surface area (Å²) >= 11 is 0. The van der Waals surface area contributed by atoms with Gasteiger partial charge in [0.1, 0.15) is 0 Å². The Labute approximate surface area is 92.9 Å². The Bertz CT molecular complexity index is 278. The van der Waals surface area contributed by atoms with E-state index in [-0.39, 0.29) is 0 Å². The lowest BCUT2D eigenvalue weighted by Crippen LogP contribution is -2.05. The molecule has 0 bridgehead atoms. The van der Waals surface area contributed by atoms with E-state index in [0.717, 1.165) is 18.8 Å². The average molecular weight is 209 g/mol. The Kier molecular flexibility index (Phi) is 5.40. The van der Waals surface area contributed by atoms with Crippen LogP contribution in [0.4, 0.5) is 0 Å². The third-order valence-corrected chi connectivity index (χ3v) is 2.66. The summed E-state index contributed by atoms with van der Waals surface area (Å²) in [7, 11) is 1.97. The molecule has 1 N–H and O–H groups in total. The van der Waals surface area contributed by atoms with Crippen LogP contribution in [0.15, 0.2) is 6.20 Å². The van der Waals surface area contributed by atoms with E-state index < -0.39 is 0 Å². The van der Waals surface area contributed by atoms with Crippen LogP contribution in [0.1, 0.15) is 43.9 Å². The van der Waals surface area contributed by atoms with E-state index in [1.54, 1.807) is 0 Å². The molecule has 0 spiro atoms. The zero-order chi connectivity index (χ0) is 11.1. The maximum Gasteiger partial charge on any atom is 0.0638 e. The second kappa shape index (κ2) is 6.62. The van der Waals surface area contributed by atoms with Gasteiger partial charge in [-0.3, -0.25) is 4.68 Å². The van der Waals surface area contributed by atoms with Crippen molar-refractivity contribution in [2.75, 3.05) is 7.05 Å². The van der Waals surface area contributed by atoms with Crippen LogP contribution in [0.3, 0.4) is 0 Å². The zero-order valence-electron chi connectivity index (χ0n) is 10.2. The van der Waals surface area contributed by atoms with Gasteiger partial charge in [-0.15, -0.1) is 0 Å². The fourth-order valence-corrected chi connectivity index (χ4v) is 1.74. The van der Waals surface area contributed by atoms with Gasteiger partial charge in [0.15, 0.2) is 0 Å². The first-order valence-corrected chi connectivity index (χ1v) is 5.95. The van der Waals surface area contributed by atoms with Gasteiger partial charge in [-0.25, -0.2) is 0 Å². The highest BCUT2D eigenvalue weighted by Crippen LogP contribution is 2.07. The standard InChI is InChI=1S/C12H23N3/c1-4-5-6-7-8-15-10-12(9-13-3)11(2)14-15/h10,13H,4-9H2,1-3H3. The Morgan fingerprint density at radius 2 is 2.13 bits per heavy atom. The summed E-state index contributed by atoms with van der Waals surface area (Å²) in [4.78, 5) is 0. The lowest BCUT2D eigenvalue weighted by Gasteiger charge is -2.00. The van der Waals surface area contributed by atoms with E-state index in [0.29, 0.717) is 0 Å². The van der Waals surface area contributed by atoms with Gasteiger partial charge >= 0.3 is 0 Å². The molecule has 0 amide bonds. The highest BCUT2D eigenvalue weighted by atomic mass is 15.3. The molecule has 15 heavy (non-hydrogen) atoms. The molecule has 0 aliphatic rings. The molecule has 0 saturated carbocycles. The van der Waals surface area contributed by atoms with Crippen LogP contribution in [-0.4, -0.2) is 16.8 Å². The smallest absolute Gasteiger partial charge is 0.0638 e. The van der Waals surface area contributed by atoms with Crippen LogP contribution in [0.25, 0.3) is 0 Å². The van der Waals surface area contributed by atoms with Gasteiger partial charge in [0.2, 0.25) is 0 Å². The monoisotopic (exact) mass is 209 g/mol. The minimum Gasteiger partial charge on any atom is -0.316 e. The summed E-state index contributed by atoms with van der Waals surface area (Å²) < 4.78 is 2.08. The minimum atomic E-state index is 0.917. The van der Waals surface area contributed by atoms with E-state index in [1.807, 2.05) is 7.05 Å². The number of aromatic nitrogens is 2. The van der Waals surface area contributed by atoms with Crippen molar-refractivity contribution in [2.24, 2.45) is 0 Å². The van der Waals surface area contributed by atoms with Crippen molar-refractivity contribution in [1.29, 1.82) is 0 Å². The molecule has 3 heteroatoms. The molecule has 86 valence electrons. The maximum absolute atomic E-state index is 4.50. The molecular weight excluding hydrogens is 186 g/mol. The van der Waals surface area contributed by atoms with Crippen LogP contribution in [0.5, 0.6) is 0 Å². The molecule has 0 unspecified atom stereocenters. The third-order valence-electron chi connectivity index (χ3n) is 2.66. The molecule has 0 fully saturated rings. The Balaban J connectivity index is 2.37. The predicted octanol–water partition coefficient (Wildman–Crippen LogP) is 2.49. The van der Waals surface area contributed by atoms with Crippen LogP contribution >= 0.6 is 0 Å². The molecule has 1 aromatic rings. The first kappa shape index (κ1) is 12.2. The van der Waals surface area contributed by atoms with Crippen LogP contribution in [0.2, 0.25) is 0 Å².